The molecular formula is C37H51N9O4S. The van der Waals surface area contributed by atoms with E-state index in [0.29, 0.717) is 59.2 Å². The van der Waals surface area contributed by atoms with Crippen molar-refractivity contribution in [3.63, 3.8) is 0 Å². The summed E-state index contributed by atoms with van der Waals surface area (Å²) in [5, 5.41) is 15.5. The predicted octanol–water partition coefficient (Wildman–Crippen LogP) is 6.24. The second kappa shape index (κ2) is 14.4. The summed E-state index contributed by atoms with van der Waals surface area (Å²) in [6, 6.07) is 6.50. The Hall–Kier alpha value is -4.22. The van der Waals surface area contributed by atoms with Gasteiger partial charge in [-0.3, -0.25) is 4.90 Å². The third-order valence-corrected chi connectivity index (χ3v) is 11.2. The highest BCUT2D eigenvalue weighted by Crippen LogP contribution is 2.50. The van der Waals surface area contributed by atoms with E-state index in [9.17, 15) is 10.1 Å². The smallest absolute Gasteiger partial charge is 0.410 e. The van der Waals surface area contributed by atoms with Gasteiger partial charge in [-0.1, -0.05) is 5.16 Å². The minimum Gasteiger partial charge on any atom is -0.473 e. The van der Waals surface area contributed by atoms with Crippen LogP contribution in [0, 0.1) is 11.3 Å². The van der Waals surface area contributed by atoms with Crippen LogP contribution >= 0.6 is 11.3 Å². The number of ether oxygens (including phenoxy) is 2. The molecule has 2 fully saturated rings. The monoisotopic (exact) mass is 717 g/mol. The average Bonchev–Trinajstić information content (AvgIpc) is 3.82. The molecule has 0 N–H and O–H groups in total. The summed E-state index contributed by atoms with van der Waals surface area (Å²) in [5.74, 6) is 2.22. The number of aryl methyl sites for hydroxylation is 1. The first-order valence-electron chi connectivity index (χ1n) is 17.9. The van der Waals surface area contributed by atoms with Gasteiger partial charge < -0.3 is 28.7 Å². The summed E-state index contributed by atoms with van der Waals surface area (Å²) in [4.78, 5) is 36.7. The van der Waals surface area contributed by atoms with Crippen LogP contribution in [0.1, 0.15) is 89.0 Å². The fourth-order valence-corrected chi connectivity index (χ4v) is 8.78. The lowest BCUT2D eigenvalue weighted by Crippen LogP contribution is -2.54. The van der Waals surface area contributed by atoms with Gasteiger partial charge in [0.2, 0.25) is 5.88 Å². The van der Waals surface area contributed by atoms with Crippen LogP contribution in [0.5, 0.6) is 5.88 Å². The third-order valence-electron chi connectivity index (χ3n) is 10.1. The Labute approximate surface area is 305 Å². The molecule has 0 aromatic carbocycles. The van der Waals surface area contributed by atoms with Gasteiger partial charge in [0.25, 0.3) is 0 Å². The van der Waals surface area contributed by atoms with Gasteiger partial charge in [0.15, 0.2) is 11.5 Å². The molecule has 0 spiro atoms. The van der Waals surface area contributed by atoms with E-state index >= 15 is 0 Å². The molecule has 2 saturated heterocycles. The number of carbonyl (C=O) groups is 1. The predicted molar refractivity (Wildman–Crippen MR) is 198 cm³/mol. The number of nitrogens with zero attached hydrogens (tertiary/aromatic N) is 9. The summed E-state index contributed by atoms with van der Waals surface area (Å²) in [6.07, 6.45) is 6.18. The molecule has 13 nitrogen and oxygen atoms in total. The van der Waals surface area contributed by atoms with Gasteiger partial charge in [-0.2, -0.15) is 10.2 Å². The van der Waals surface area contributed by atoms with Crippen LogP contribution in [0.3, 0.4) is 0 Å². The van der Waals surface area contributed by atoms with Gasteiger partial charge in [0.1, 0.15) is 34.4 Å². The van der Waals surface area contributed by atoms with Gasteiger partial charge in [0.05, 0.1) is 17.3 Å². The summed E-state index contributed by atoms with van der Waals surface area (Å²) in [5.41, 5.74) is 0.920. The summed E-state index contributed by atoms with van der Waals surface area (Å²) in [6.45, 7) is 14.5. The lowest BCUT2D eigenvalue weighted by Gasteiger charge is -2.40. The number of carbonyl (C=O) groups excluding carboxylic acids is 1. The number of thiophene rings is 1. The van der Waals surface area contributed by atoms with E-state index in [1.165, 1.54) is 0 Å². The second-order valence-corrected chi connectivity index (χ2v) is 16.6. The minimum absolute atomic E-state index is 0.0416. The Bertz CT molecular complexity index is 1810. The van der Waals surface area contributed by atoms with Crippen molar-refractivity contribution in [3.05, 3.63) is 33.9 Å². The number of likely N-dealkylation sites (tertiary alicyclic amines) is 1. The number of hydrogen-bond acceptors (Lipinski definition) is 12. The first-order valence-corrected chi connectivity index (χ1v) is 18.7. The van der Waals surface area contributed by atoms with Gasteiger partial charge in [-0.15, -0.1) is 11.3 Å². The molecule has 274 valence electrons. The Kier molecular flexibility index (Phi) is 10.3. The lowest BCUT2D eigenvalue weighted by atomic mass is 9.71. The van der Waals surface area contributed by atoms with Crippen LogP contribution in [-0.4, -0.2) is 113 Å². The number of rotatable bonds is 8. The number of likely N-dealkylation sites (N-methyl/N-ethyl adjacent to an activating group) is 1. The minimum atomic E-state index is -0.572. The molecule has 14 heteroatoms. The molecule has 0 unspecified atom stereocenters. The first kappa shape index (κ1) is 36.6. The largest absolute Gasteiger partial charge is 0.473 e. The molecule has 0 bridgehead atoms. The number of nitriles is 1. The summed E-state index contributed by atoms with van der Waals surface area (Å²) in [7, 11) is 5.96. The highest BCUT2D eigenvalue weighted by atomic mass is 32.1. The molecule has 3 aliphatic rings. The first-order chi connectivity index (χ1) is 24.2. The van der Waals surface area contributed by atoms with E-state index in [1.54, 1.807) is 22.6 Å². The molecule has 5 heterocycles. The Morgan fingerprint density at radius 1 is 1.24 bits per heavy atom. The molecular weight excluding hydrogens is 667 g/mol. The molecule has 1 aliphatic carbocycles. The van der Waals surface area contributed by atoms with E-state index < -0.39 is 11.0 Å². The maximum absolute atomic E-state index is 12.9. The van der Waals surface area contributed by atoms with Crippen LogP contribution in [0.2, 0.25) is 0 Å². The topological polar surface area (TPSA) is 136 Å². The Morgan fingerprint density at radius 3 is 2.69 bits per heavy atom. The average molecular weight is 718 g/mol. The van der Waals surface area contributed by atoms with E-state index in [2.05, 4.69) is 53.8 Å². The van der Waals surface area contributed by atoms with Gasteiger partial charge >= 0.3 is 6.09 Å². The normalized spacial score (nSPS) is 23.3. The number of aromatic nitrogens is 3. The number of piperazine rings is 1. The molecule has 3 aromatic rings. The molecule has 6 rings (SSSR count). The van der Waals surface area contributed by atoms with Crippen LogP contribution in [0.25, 0.3) is 11.5 Å². The van der Waals surface area contributed by atoms with Crippen molar-refractivity contribution >= 4 is 34.6 Å². The SMILES string of the molecule is C[C@H](Oc1cc(N2CCN(C(=O)OC(C)(C)C)C[C@H]2C)nc(-c2cc([C@@]3(C)CCCc4sc(N=CN(C)C)c(C#N)c43)on2)n1)[C@@H]1CCCN1C. The summed E-state index contributed by atoms with van der Waals surface area (Å²) >= 11 is 1.58. The van der Waals surface area contributed by atoms with Crippen molar-refractivity contribution in [1.82, 2.24) is 29.8 Å². The van der Waals surface area contributed by atoms with Crippen molar-refractivity contribution in [2.45, 2.75) is 103 Å². The quantitative estimate of drug-likeness (QED) is 0.194. The molecule has 1 amide bonds. The fraction of sp³-hybridized carbons (Fsp3) is 0.622. The van der Waals surface area contributed by atoms with Gasteiger partial charge in [0, 0.05) is 62.8 Å². The number of aliphatic imine (C=N–C) groups is 1. The number of anilines is 1. The highest BCUT2D eigenvalue weighted by molar-refractivity contribution is 7.16. The van der Waals surface area contributed by atoms with Gasteiger partial charge in [-0.25, -0.2) is 14.8 Å². The van der Waals surface area contributed by atoms with E-state index in [1.807, 2.05) is 51.9 Å². The molecule has 3 aromatic heterocycles. The van der Waals surface area contributed by atoms with Gasteiger partial charge in [-0.05, 0) is 92.8 Å². The number of hydrogen-bond donors (Lipinski definition) is 0. The zero-order valence-corrected chi connectivity index (χ0v) is 32.2. The summed E-state index contributed by atoms with van der Waals surface area (Å²) < 4.78 is 18.3. The van der Waals surface area contributed by atoms with Crippen molar-refractivity contribution in [2.75, 3.05) is 52.2 Å². The molecule has 51 heavy (non-hydrogen) atoms. The van der Waals surface area contributed by atoms with E-state index in [4.69, 9.17) is 24.0 Å². The van der Waals surface area contributed by atoms with Crippen molar-refractivity contribution < 1.29 is 18.8 Å². The Morgan fingerprint density at radius 2 is 2.02 bits per heavy atom. The van der Waals surface area contributed by atoms with Crippen LogP contribution in [0.4, 0.5) is 15.6 Å². The maximum Gasteiger partial charge on any atom is 0.410 e. The fourth-order valence-electron chi connectivity index (χ4n) is 7.53. The molecule has 0 radical (unpaired) electrons. The number of fused-ring (bicyclic) bond motifs is 1. The maximum atomic E-state index is 12.9. The van der Waals surface area contributed by atoms with Crippen LogP contribution in [-0.2, 0) is 16.6 Å². The van der Waals surface area contributed by atoms with Crippen molar-refractivity contribution in [1.29, 1.82) is 5.26 Å². The Balaban J connectivity index is 1.34. The third kappa shape index (κ3) is 7.70. The molecule has 4 atom stereocenters. The lowest BCUT2D eigenvalue weighted by molar-refractivity contribution is 0.0218. The highest BCUT2D eigenvalue weighted by Gasteiger charge is 2.42. The number of amides is 1. The van der Waals surface area contributed by atoms with Crippen molar-refractivity contribution in [2.24, 2.45) is 4.99 Å². The van der Waals surface area contributed by atoms with Crippen molar-refractivity contribution in [3.8, 4) is 23.5 Å². The second-order valence-electron chi connectivity index (χ2n) is 15.5. The van der Waals surface area contributed by atoms with Crippen LogP contribution in [0.15, 0.2) is 21.6 Å². The van der Waals surface area contributed by atoms with E-state index in [0.717, 1.165) is 49.1 Å². The van der Waals surface area contributed by atoms with E-state index in [-0.39, 0.29) is 24.3 Å². The van der Waals surface area contributed by atoms with Crippen LogP contribution < -0.4 is 9.64 Å². The zero-order chi connectivity index (χ0) is 36.7. The molecule has 0 saturated carbocycles. The molecule has 2 aliphatic heterocycles. The standard InChI is InChI=1S/C37H51N9O4S/c1-23-21-45(35(47)49-36(3,4)5)16-17-46(23)30-19-31(48-24(2)27-12-11-15-44(27)9)41-33(40-30)26-18-29(50-42-26)37(6)14-10-13-28-32(37)25(20-38)34(51-28)39-22-43(7)8/h18-19,22-24,27H,10-17,21H2,1-9H3/t23-,24+,27+,37-/m1/s1. The zero-order valence-electron chi connectivity index (χ0n) is 31.4.